The molecule has 4 rings (SSSR count). The van der Waals surface area contributed by atoms with Gasteiger partial charge in [-0.15, -0.1) is 0 Å². The van der Waals surface area contributed by atoms with Crippen LogP contribution in [-0.4, -0.2) is 58.5 Å². The van der Waals surface area contributed by atoms with Gasteiger partial charge in [0.05, 0.1) is 23.0 Å². The van der Waals surface area contributed by atoms with Crippen molar-refractivity contribution in [1.29, 1.82) is 0 Å². The molecule has 10 heteroatoms. The van der Waals surface area contributed by atoms with Crippen LogP contribution in [0.3, 0.4) is 0 Å². The Bertz CT molecular complexity index is 1090. The number of allylic oxidation sites excluding steroid dienone is 1. The summed E-state index contributed by atoms with van der Waals surface area (Å²) in [7, 11) is 0. The molecule has 2 bridgehead atoms. The molecule has 1 aromatic heterocycles. The molecule has 2 aliphatic heterocycles. The summed E-state index contributed by atoms with van der Waals surface area (Å²) in [4.78, 5) is 31.0. The number of ketones is 1. The maximum absolute atomic E-state index is 13.0. The molecule has 0 radical (unpaired) electrons. The number of pyridine rings is 1. The quantitative estimate of drug-likeness (QED) is 0.354. The number of nitrogens with one attached hydrogen (secondary N) is 2. The van der Waals surface area contributed by atoms with Gasteiger partial charge in [-0.05, 0) is 31.4 Å². The van der Waals surface area contributed by atoms with Gasteiger partial charge in [0.1, 0.15) is 17.2 Å². The van der Waals surface area contributed by atoms with Gasteiger partial charge < -0.3 is 31.1 Å². The normalized spacial score (nSPS) is 22.4. The van der Waals surface area contributed by atoms with E-state index >= 15 is 0 Å². The molecule has 0 amide bonds. The Morgan fingerprint density at radius 3 is 2.71 bits per heavy atom. The fourth-order valence-corrected chi connectivity index (χ4v) is 4.73. The Balaban J connectivity index is 1.64. The smallest absolute Gasteiger partial charge is 0.341 e. The van der Waals surface area contributed by atoms with Crippen molar-refractivity contribution >= 4 is 29.2 Å². The number of Topliss-reactive ketones (excluding diaryl/α,β-unsaturated/α-hetero) is 1. The summed E-state index contributed by atoms with van der Waals surface area (Å²) in [6, 6.07) is 5.57. The zero-order valence-corrected chi connectivity index (χ0v) is 19.5. The molecule has 1 aromatic rings. The Morgan fingerprint density at radius 1 is 1.29 bits per heavy atom. The summed E-state index contributed by atoms with van der Waals surface area (Å²) < 4.78 is 5.94. The average molecular weight is 486 g/mol. The van der Waals surface area contributed by atoms with Crippen molar-refractivity contribution in [2.75, 3.05) is 31.6 Å². The first kappa shape index (κ1) is 23.7. The number of ether oxygens (including phenoxy) is 1. The average Bonchev–Trinajstić information content (AvgIpc) is 2.81. The number of halogens is 1. The van der Waals surface area contributed by atoms with Gasteiger partial charge in [-0.25, -0.2) is 9.78 Å². The molecule has 9 nitrogen and oxygen atoms in total. The molecule has 0 saturated heterocycles. The molecule has 1 aliphatic carbocycles. The SMILES string of the molecule is C=C1OCCC2(CCC2)N2C=C(C(=O)O)C(=O)/C(=C(\N)C(Cl)=C1NCCNc1ccccn1)C2. The number of nitrogens with two attached hydrogens (primary N) is 1. The van der Waals surface area contributed by atoms with Crippen LogP contribution < -0.4 is 16.4 Å². The number of rotatable bonds is 6. The number of carboxylic acid groups (broad SMARTS) is 1. The minimum atomic E-state index is -1.29. The standard InChI is InChI=1S/C24H28ClN5O4/c1-15-21(29-11-10-28-18-5-2-3-9-27-18)19(25)20(26)16-13-30(14-17(22(16)31)23(32)33)24(6-4-7-24)8-12-34-15/h2-3,5,9,14,29H,1,4,6-8,10-13,26H2,(H,27,28)(H,32,33)/b20-16-,21-19?. The van der Waals surface area contributed by atoms with E-state index in [1.807, 2.05) is 23.1 Å². The summed E-state index contributed by atoms with van der Waals surface area (Å²) in [5, 5.41) is 16.1. The van der Waals surface area contributed by atoms with Gasteiger partial charge in [-0.2, -0.15) is 0 Å². The van der Waals surface area contributed by atoms with Crippen LogP contribution in [0.2, 0.25) is 0 Å². The lowest BCUT2D eigenvalue weighted by molar-refractivity contribution is -0.134. The molecule has 0 atom stereocenters. The number of aliphatic carboxylic acids is 1. The fourth-order valence-electron chi connectivity index (χ4n) is 4.44. The molecule has 3 heterocycles. The molecule has 0 aromatic carbocycles. The van der Waals surface area contributed by atoms with Crippen LogP contribution >= 0.6 is 11.6 Å². The monoisotopic (exact) mass is 485 g/mol. The van der Waals surface area contributed by atoms with Crippen LogP contribution in [0.1, 0.15) is 25.7 Å². The zero-order chi connectivity index (χ0) is 24.3. The van der Waals surface area contributed by atoms with Gasteiger partial charge in [0.15, 0.2) is 0 Å². The number of hydrogen-bond donors (Lipinski definition) is 4. The number of carboxylic acids is 1. The molecule has 1 saturated carbocycles. The van der Waals surface area contributed by atoms with Crippen molar-refractivity contribution in [3.8, 4) is 0 Å². The van der Waals surface area contributed by atoms with Gasteiger partial charge in [-0.3, -0.25) is 4.79 Å². The van der Waals surface area contributed by atoms with Crippen molar-refractivity contribution in [3.05, 3.63) is 70.5 Å². The Labute approximate surface area is 203 Å². The largest absolute Gasteiger partial charge is 0.492 e. The van der Waals surface area contributed by atoms with E-state index in [9.17, 15) is 14.7 Å². The van der Waals surface area contributed by atoms with E-state index in [1.54, 1.807) is 6.20 Å². The van der Waals surface area contributed by atoms with Crippen LogP contribution in [0.15, 0.2) is 70.5 Å². The third-order valence-corrected chi connectivity index (χ3v) is 6.95. The van der Waals surface area contributed by atoms with Gasteiger partial charge in [-0.1, -0.05) is 24.2 Å². The van der Waals surface area contributed by atoms with Crippen LogP contribution in [0, 0.1) is 0 Å². The van der Waals surface area contributed by atoms with Crippen LogP contribution in [0.5, 0.6) is 0 Å². The molecular formula is C24H28ClN5O4. The lowest BCUT2D eigenvalue weighted by Crippen LogP contribution is -2.54. The highest BCUT2D eigenvalue weighted by atomic mass is 35.5. The number of hydrogen-bond acceptors (Lipinski definition) is 8. The fraction of sp³-hybridized carbons (Fsp3) is 0.375. The number of anilines is 1. The Hall–Kier alpha value is -3.46. The van der Waals surface area contributed by atoms with E-state index in [-0.39, 0.29) is 34.0 Å². The summed E-state index contributed by atoms with van der Waals surface area (Å²) >= 11 is 6.66. The number of carbonyl (C=O) groups is 2. The maximum Gasteiger partial charge on any atom is 0.341 e. The third-order valence-electron chi connectivity index (χ3n) is 6.56. The first-order valence-electron chi connectivity index (χ1n) is 11.2. The van der Waals surface area contributed by atoms with Gasteiger partial charge in [0, 0.05) is 49.6 Å². The van der Waals surface area contributed by atoms with Crippen molar-refractivity contribution in [1.82, 2.24) is 15.2 Å². The van der Waals surface area contributed by atoms with E-state index in [0.29, 0.717) is 37.6 Å². The topological polar surface area (TPSA) is 130 Å². The molecule has 0 unspecified atom stereocenters. The van der Waals surface area contributed by atoms with Crippen molar-refractivity contribution in [2.45, 2.75) is 31.2 Å². The molecule has 5 N–H and O–H groups in total. The predicted molar refractivity (Wildman–Crippen MR) is 129 cm³/mol. The van der Waals surface area contributed by atoms with Gasteiger partial charge in [0.2, 0.25) is 5.78 Å². The third kappa shape index (κ3) is 4.61. The molecule has 1 fully saturated rings. The second-order valence-corrected chi connectivity index (χ2v) is 8.93. The second-order valence-electron chi connectivity index (χ2n) is 8.55. The van der Waals surface area contributed by atoms with E-state index in [1.165, 1.54) is 6.20 Å². The van der Waals surface area contributed by atoms with Crippen molar-refractivity contribution in [2.24, 2.45) is 5.73 Å². The zero-order valence-electron chi connectivity index (χ0n) is 18.8. The number of nitrogens with zero attached hydrogens (tertiary/aromatic N) is 2. The summed E-state index contributed by atoms with van der Waals surface area (Å²) in [5.74, 6) is -0.874. The molecule has 180 valence electrons. The predicted octanol–water partition coefficient (Wildman–Crippen LogP) is 2.46. The highest BCUT2D eigenvalue weighted by molar-refractivity contribution is 6.33. The molecule has 3 aliphatic rings. The summed E-state index contributed by atoms with van der Waals surface area (Å²) in [6.45, 7) is 5.55. The molecular weight excluding hydrogens is 458 g/mol. The minimum absolute atomic E-state index is 0.0184. The minimum Gasteiger partial charge on any atom is -0.492 e. The number of aromatic nitrogens is 1. The van der Waals surface area contributed by atoms with Crippen molar-refractivity contribution in [3.63, 3.8) is 0 Å². The van der Waals surface area contributed by atoms with E-state index < -0.39 is 11.8 Å². The second kappa shape index (κ2) is 9.80. The number of fused-ring (bicyclic) bond motifs is 3. The highest BCUT2D eigenvalue weighted by Crippen LogP contribution is 2.43. The first-order chi connectivity index (χ1) is 16.3. The summed E-state index contributed by atoms with van der Waals surface area (Å²) in [5.41, 5.74) is 6.33. The van der Waals surface area contributed by atoms with Crippen LogP contribution in [0.25, 0.3) is 0 Å². The lowest BCUT2D eigenvalue weighted by Gasteiger charge is -2.51. The molecule has 1 spiro atoms. The van der Waals surface area contributed by atoms with Crippen LogP contribution in [0.4, 0.5) is 5.82 Å². The van der Waals surface area contributed by atoms with E-state index in [0.717, 1.165) is 25.1 Å². The Morgan fingerprint density at radius 2 is 2.06 bits per heavy atom. The Kier molecular flexibility index (Phi) is 6.83. The van der Waals surface area contributed by atoms with E-state index in [4.69, 9.17) is 22.1 Å². The van der Waals surface area contributed by atoms with Crippen LogP contribution in [-0.2, 0) is 14.3 Å². The number of carbonyl (C=O) groups excluding carboxylic acids is 1. The summed E-state index contributed by atoms with van der Waals surface area (Å²) in [6.07, 6.45) is 6.57. The maximum atomic E-state index is 13.0. The lowest BCUT2D eigenvalue weighted by atomic mass is 9.72. The highest BCUT2D eigenvalue weighted by Gasteiger charge is 2.45. The van der Waals surface area contributed by atoms with E-state index in [2.05, 4.69) is 22.2 Å². The molecule has 34 heavy (non-hydrogen) atoms. The van der Waals surface area contributed by atoms with Gasteiger partial charge in [0.25, 0.3) is 0 Å². The van der Waals surface area contributed by atoms with Crippen molar-refractivity contribution < 1.29 is 19.4 Å². The van der Waals surface area contributed by atoms with Gasteiger partial charge >= 0.3 is 5.97 Å². The first-order valence-corrected chi connectivity index (χ1v) is 11.6.